The van der Waals surface area contributed by atoms with Crippen LogP contribution in [0.4, 0.5) is 5.69 Å². The number of aromatic hydroxyl groups is 1. The van der Waals surface area contributed by atoms with Crippen molar-refractivity contribution in [2.45, 2.75) is 24.9 Å². The van der Waals surface area contributed by atoms with E-state index in [0.717, 1.165) is 7.11 Å². The highest BCUT2D eigenvalue weighted by molar-refractivity contribution is 6.24. The van der Waals surface area contributed by atoms with Gasteiger partial charge in [-0.05, 0) is 30.4 Å². The van der Waals surface area contributed by atoms with Crippen LogP contribution in [-0.2, 0) is 25.5 Å². The Labute approximate surface area is 205 Å². The van der Waals surface area contributed by atoms with E-state index in [1.165, 1.54) is 6.07 Å². The van der Waals surface area contributed by atoms with Crippen LogP contribution in [-0.4, -0.2) is 70.7 Å². The summed E-state index contributed by atoms with van der Waals surface area (Å²) in [6, 6.07) is 1.52. The molecule has 0 saturated carbocycles. The fourth-order valence-corrected chi connectivity index (χ4v) is 5.33. The number of aliphatic hydroxyl groups is 3. The molecule has 4 rings (SSSR count). The molecule has 6 N–H and O–H groups in total. The van der Waals surface area contributed by atoms with Crippen LogP contribution in [0.25, 0.3) is 0 Å². The van der Waals surface area contributed by atoms with Gasteiger partial charge in [-0.25, -0.2) is 4.79 Å². The molecule has 36 heavy (non-hydrogen) atoms. The van der Waals surface area contributed by atoms with Crippen LogP contribution in [0.15, 0.2) is 28.7 Å². The molecule has 1 amide bonds. The Morgan fingerprint density at radius 2 is 1.86 bits per heavy atom. The molecule has 3 atom stereocenters. The van der Waals surface area contributed by atoms with Gasteiger partial charge in [-0.1, -0.05) is 5.92 Å². The van der Waals surface area contributed by atoms with Gasteiger partial charge in [-0.15, -0.1) is 0 Å². The molecule has 0 heterocycles. The summed E-state index contributed by atoms with van der Waals surface area (Å²) in [5, 5.41) is 43.6. The molecule has 11 nitrogen and oxygen atoms in total. The highest BCUT2D eigenvalue weighted by Crippen LogP contribution is 2.52. The Hall–Kier alpha value is -4.30. The predicted molar refractivity (Wildman–Crippen MR) is 124 cm³/mol. The number of phenols is 1. The second kappa shape index (κ2) is 8.42. The maximum atomic E-state index is 13.7. The number of ketones is 2. The van der Waals surface area contributed by atoms with Crippen LogP contribution >= 0.6 is 0 Å². The van der Waals surface area contributed by atoms with Crippen molar-refractivity contribution in [1.29, 1.82) is 0 Å². The number of esters is 1. The third-order valence-corrected chi connectivity index (χ3v) is 7.00. The lowest BCUT2D eigenvalue weighted by atomic mass is 9.60. The second-order valence-electron chi connectivity index (χ2n) is 9.19. The number of aliphatic hydroxyl groups excluding tert-OH is 2. The largest absolute Gasteiger partial charge is 0.511 e. The van der Waals surface area contributed by atoms with Gasteiger partial charge >= 0.3 is 5.97 Å². The first-order chi connectivity index (χ1) is 16.8. The normalized spacial score (nSPS) is 24.8. The number of carbonyl (C=O) groups is 4. The number of phenolic OH excluding ortho intramolecular Hbond substituents is 1. The predicted octanol–water partition coefficient (Wildman–Crippen LogP) is 0.171. The minimum atomic E-state index is -2.64. The molecule has 11 heteroatoms. The number of nitrogens with two attached hydrogens (primary N) is 1. The zero-order valence-corrected chi connectivity index (χ0v) is 19.7. The Morgan fingerprint density at radius 3 is 2.44 bits per heavy atom. The quantitative estimate of drug-likeness (QED) is 0.214. The van der Waals surface area contributed by atoms with Crippen molar-refractivity contribution >= 4 is 29.1 Å². The lowest BCUT2D eigenvalue weighted by Crippen LogP contribution is -2.57. The molecule has 0 saturated heterocycles. The number of anilines is 1. The number of fused-ring (bicyclic) bond motifs is 3. The Kier molecular flexibility index (Phi) is 5.81. The lowest BCUT2D eigenvalue weighted by Gasteiger charge is -2.45. The summed E-state index contributed by atoms with van der Waals surface area (Å²) in [6.07, 6.45) is -0.121. The molecule has 0 bridgehead atoms. The van der Waals surface area contributed by atoms with E-state index in [9.17, 15) is 39.6 Å². The smallest absolute Gasteiger partial charge is 0.384 e. The highest BCUT2D eigenvalue weighted by atomic mass is 16.5. The Morgan fingerprint density at radius 1 is 1.19 bits per heavy atom. The Balaban J connectivity index is 1.93. The summed E-state index contributed by atoms with van der Waals surface area (Å²) in [5.41, 5.74) is 2.21. The molecule has 0 unspecified atom stereocenters. The van der Waals surface area contributed by atoms with E-state index in [4.69, 9.17) is 5.73 Å². The Bertz CT molecular complexity index is 1380. The van der Waals surface area contributed by atoms with Gasteiger partial charge in [-0.3, -0.25) is 14.4 Å². The summed E-state index contributed by atoms with van der Waals surface area (Å²) in [4.78, 5) is 51.6. The van der Waals surface area contributed by atoms with Crippen LogP contribution in [0.5, 0.6) is 5.75 Å². The fourth-order valence-electron chi connectivity index (χ4n) is 5.33. The lowest BCUT2D eigenvalue weighted by molar-refractivity contribution is -0.144. The highest BCUT2D eigenvalue weighted by Gasteiger charge is 2.59. The van der Waals surface area contributed by atoms with E-state index >= 15 is 0 Å². The number of hydrogen-bond donors (Lipinski definition) is 5. The summed E-state index contributed by atoms with van der Waals surface area (Å²) in [7, 11) is 4.57. The molecular formula is C25H24N2O9. The topological polar surface area (TPSA) is 188 Å². The minimum absolute atomic E-state index is 0.0282. The van der Waals surface area contributed by atoms with Gasteiger partial charge < -0.3 is 35.8 Å². The third kappa shape index (κ3) is 3.41. The van der Waals surface area contributed by atoms with Crippen LogP contribution < -0.4 is 10.6 Å². The molecule has 0 fully saturated rings. The number of amides is 1. The first-order valence-electron chi connectivity index (χ1n) is 11.0. The van der Waals surface area contributed by atoms with Crippen molar-refractivity contribution < 1.29 is 44.3 Å². The van der Waals surface area contributed by atoms with Crippen molar-refractivity contribution in [2.75, 3.05) is 26.1 Å². The first-order valence-corrected chi connectivity index (χ1v) is 11.0. The number of benzene rings is 1. The second-order valence-corrected chi connectivity index (χ2v) is 9.19. The number of primary amides is 1. The van der Waals surface area contributed by atoms with Crippen LogP contribution in [0.3, 0.4) is 0 Å². The average Bonchev–Trinajstić information content (AvgIpc) is 2.80. The van der Waals surface area contributed by atoms with Gasteiger partial charge in [-0.2, -0.15) is 0 Å². The molecule has 0 aliphatic heterocycles. The van der Waals surface area contributed by atoms with Gasteiger partial charge in [0.2, 0.25) is 5.78 Å². The molecule has 188 valence electrons. The van der Waals surface area contributed by atoms with Crippen molar-refractivity contribution in [3.63, 3.8) is 0 Å². The molecule has 0 spiro atoms. The van der Waals surface area contributed by atoms with Crippen molar-refractivity contribution in [3.8, 4) is 17.6 Å². The van der Waals surface area contributed by atoms with E-state index < -0.39 is 63.7 Å². The van der Waals surface area contributed by atoms with Gasteiger partial charge in [0.25, 0.3) is 5.91 Å². The monoisotopic (exact) mass is 496 g/mol. The van der Waals surface area contributed by atoms with E-state index in [2.05, 4.69) is 16.6 Å². The van der Waals surface area contributed by atoms with Crippen LogP contribution in [0.1, 0.15) is 34.3 Å². The van der Waals surface area contributed by atoms with Gasteiger partial charge in [0.05, 0.1) is 18.2 Å². The van der Waals surface area contributed by atoms with Crippen molar-refractivity contribution in [2.24, 2.45) is 17.6 Å². The van der Waals surface area contributed by atoms with Gasteiger partial charge in [0.15, 0.2) is 11.4 Å². The number of Topliss-reactive ketones (excluding diaryl/α,β-unsaturated/α-hetero) is 2. The molecule has 3 aliphatic carbocycles. The maximum absolute atomic E-state index is 13.7. The summed E-state index contributed by atoms with van der Waals surface area (Å²) in [5.74, 6) is -3.31. The van der Waals surface area contributed by atoms with Crippen molar-refractivity contribution in [1.82, 2.24) is 0 Å². The third-order valence-electron chi connectivity index (χ3n) is 7.00. The number of hydrogen-bond acceptors (Lipinski definition) is 10. The van der Waals surface area contributed by atoms with Gasteiger partial charge in [0.1, 0.15) is 22.8 Å². The first kappa shape index (κ1) is 24.8. The number of nitrogens with zero attached hydrogens (tertiary/aromatic N) is 1. The van der Waals surface area contributed by atoms with Crippen LogP contribution in [0, 0.1) is 23.7 Å². The standard InChI is InChI=1S/C25H24N2O9/c1-27(2)14-8-10(4-5-16(29)36-3)20(30)18-13(14)7-11-6-12-9-15(28)19(24(26)34)23(33)25(12,35)22(32)17(11)21(18)31/h8,11-12,28,30,32,35H,6-7,9H2,1-3H3,(H2,26,34)/t11-,12+,25+/m1/s1. The van der Waals surface area contributed by atoms with E-state index in [-0.39, 0.29) is 36.0 Å². The number of methoxy groups -OCH3 is 1. The molecular weight excluding hydrogens is 472 g/mol. The number of carbonyl (C=O) groups excluding carboxylic acids is 4. The SMILES string of the molecule is COC(=O)C#Cc1cc(N(C)C)c2c(c1O)C(=O)C1=C(O)[C@]3(O)C(=O)C(C(N)=O)=C(O)C[C@@H]3C[C@@H]1C2. The minimum Gasteiger partial charge on any atom is -0.511 e. The molecule has 0 radical (unpaired) electrons. The number of allylic oxidation sites excluding steroid dienone is 2. The molecule has 1 aromatic rings. The number of ether oxygens (including phenoxy) is 1. The summed E-state index contributed by atoms with van der Waals surface area (Å²) < 4.78 is 4.49. The summed E-state index contributed by atoms with van der Waals surface area (Å²) in [6.45, 7) is 0. The van der Waals surface area contributed by atoms with Gasteiger partial charge in [0, 0.05) is 43.6 Å². The molecule has 0 aromatic heterocycles. The maximum Gasteiger partial charge on any atom is 0.384 e. The molecule has 3 aliphatic rings. The summed E-state index contributed by atoms with van der Waals surface area (Å²) >= 11 is 0. The zero-order chi connectivity index (χ0) is 26.7. The van der Waals surface area contributed by atoms with E-state index in [0.29, 0.717) is 11.3 Å². The average molecular weight is 496 g/mol. The molecule has 1 aromatic carbocycles. The van der Waals surface area contributed by atoms with Crippen LogP contribution in [0.2, 0.25) is 0 Å². The fraction of sp³-hybridized carbons (Fsp3) is 0.360. The van der Waals surface area contributed by atoms with E-state index in [1.54, 1.807) is 19.0 Å². The zero-order valence-electron chi connectivity index (χ0n) is 19.7. The van der Waals surface area contributed by atoms with Crippen molar-refractivity contribution in [3.05, 3.63) is 45.4 Å². The van der Waals surface area contributed by atoms with E-state index in [1.807, 2.05) is 0 Å². The number of rotatable bonds is 2.